The number of halogens is 1. The first-order valence-corrected chi connectivity index (χ1v) is 9.77. The topological polar surface area (TPSA) is 52.0 Å². The second kappa shape index (κ2) is 6.56. The summed E-state index contributed by atoms with van der Waals surface area (Å²) in [5.74, 6) is 1.05. The molecule has 1 N–H and O–H groups in total. The molecule has 0 spiro atoms. The molecule has 2 atom stereocenters. The number of hydrogen-bond acceptors (Lipinski definition) is 4. The summed E-state index contributed by atoms with van der Waals surface area (Å²) in [4.78, 5) is 4.40. The van der Waals surface area contributed by atoms with Crippen LogP contribution in [0.3, 0.4) is 0 Å². The number of aromatic nitrogens is 3. The van der Waals surface area contributed by atoms with Crippen molar-refractivity contribution in [3.63, 3.8) is 0 Å². The zero-order chi connectivity index (χ0) is 20.1. The van der Waals surface area contributed by atoms with E-state index in [9.17, 15) is 4.39 Å². The molecule has 0 fully saturated rings. The molecule has 0 bridgehead atoms. The molecule has 0 saturated heterocycles. The molecule has 146 valence electrons. The van der Waals surface area contributed by atoms with Crippen molar-refractivity contribution in [2.24, 2.45) is 0 Å². The molecule has 6 heteroatoms. The third kappa shape index (κ3) is 2.47. The predicted octanol–water partition coefficient (Wildman–Crippen LogP) is 4.98. The van der Waals surface area contributed by atoms with Crippen molar-refractivity contribution in [2.75, 3.05) is 5.32 Å². The maximum absolute atomic E-state index is 14.9. The van der Waals surface area contributed by atoms with E-state index in [4.69, 9.17) is 4.74 Å². The molecule has 0 aliphatic carbocycles. The fourth-order valence-corrected chi connectivity index (χ4v) is 4.32. The third-order valence-electron chi connectivity index (χ3n) is 5.62. The number of nitrogens with zero attached hydrogens (tertiary/aromatic N) is 3. The van der Waals surface area contributed by atoms with Crippen LogP contribution in [0.4, 0.5) is 10.3 Å². The summed E-state index contributed by atoms with van der Waals surface area (Å²) >= 11 is 0. The van der Waals surface area contributed by atoms with Crippen LogP contribution in [0.25, 0.3) is 5.70 Å². The number of benzene rings is 3. The van der Waals surface area contributed by atoms with E-state index in [0.717, 1.165) is 22.4 Å². The lowest BCUT2D eigenvalue weighted by atomic mass is 9.84. The van der Waals surface area contributed by atoms with Gasteiger partial charge in [0, 0.05) is 16.7 Å². The Morgan fingerprint density at radius 1 is 0.900 bits per heavy atom. The van der Waals surface area contributed by atoms with Crippen molar-refractivity contribution in [2.45, 2.75) is 12.1 Å². The largest absolute Gasteiger partial charge is 0.480 e. The lowest BCUT2D eigenvalue weighted by Crippen LogP contribution is -2.32. The molecule has 0 radical (unpaired) electrons. The Morgan fingerprint density at radius 2 is 1.67 bits per heavy atom. The Labute approximate surface area is 172 Å². The van der Waals surface area contributed by atoms with E-state index in [0.29, 0.717) is 17.3 Å². The van der Waals surface area contributed by atoms with E-state index < -0.39 is 6.10 Å². The smallest absolute Gasteiger partial charge is 0.226 e. The minimum Gasteiger partial charge on any atom is -0.480 e. The highest BCUT2D eigenvalue weighted by Gasteiger charge is 2.41. The maximum Gasteiger partial charge on any atom is 0.226 e. The van der Waals surface area contributed by atoms with Crippen LogP contribution in [-0.2, 0) is 0 Å². The van der Waals surface area contributed by atoms with Gasteiger partial charge in [-0.25, -0.2) is 9.07 Å². The van der Waals surface area contributed by atoms with E-state index in [1.807, 2.05) is 65.3 Å². The molecule has 6 rings (SSSR count). The quantitative estimate of drug-likeness (QED) is 0.519. The first-order valence-electron chi connectivity index (χ1n) is 9.77. The second-order valence-electron chi connectivity index (χ2n) is 7.31. The minimum absolute atomic E-state index is 0.280. The van der Waals surface area contributed by atoms with E-state index in [-0.39, 0.29) is 11.9 Å². The standard InChI is InChI=1S/C24H17FN4O/c25-18-12-6-4-10-16(18)23-20-21(17-11-5-7-13-19(17)30-23)28-24-26-14-27-29(24)22(20)15-8-2-1-3-9-15/h1-14,22-23H,(H,26,27,28)/t22-,23-/m1/s1. The first kappa shape index (κ1) is 17.0. The van der Waals surface area contributed by atoms with Crippen LogP contribution in [0, 0.1) is 5.82 Å². The Bertz CT molecular complexity index is 1280. The predicted molar refractivity (Wildman–Crippen MR) is 111 cm³/mol. The van der Waals surface area contributed by atoms with Gasteiger partial charge in [0.2, 0.25) is 5.95 Å². The molecule has 0 amide bonds. The Kier molecular flexibility index (Phi) is 3.71. The van der Waals surface area contributed by atoms with E-state index in [1.165, 1.54) is 12.4 Å². The van der Waals surface area contributed by atoms with Crippen molar-refractivity contribution in [1.82, 2.24) is 14.8 Å². The SMILES string of the molecule is Fc1ccccc1[C@H]1Oc2ccccc2C2=C1[C@@H](c1ccccc1)n1ncnc1N2. The summed E-state index contributed by atoms with van der Waals surface area (Å²) in [6.45, 7) is 0. The molecular formula is C24H17FN4O. The Balaban J connectivity index is 1.66. The highest BCUT2D eigenvalue weighted by atomic mass is 19.1. The van der Waals surface area contributed by atoms with Gasteiger partial charge in [0.05, 0.1) is 5.70 Å². The summed E-state index contributed by atoms with van der Waals surface area (Å²) in [5, 5.41) is 7.89. The zero-order valence-electron chi connectivity index (χ0n) is 15.9. The van der Waals surface area contributed by atoms with Gasteiger partial charge in [-0.3, -0.25) is 0 Å². The van der Waals surface area contributed by atoms with Crippen LogP contribution in [0.5, 0.6) is 5.75 Å². The fourth-order valence-electron chi connectivity index (χ4n) is 4.32. The van der Waals surface area contributed by atoms with Crippen molar-refractivity contribution < 1.29 is 9.13 Å². The average Bonchev–Trinajstić information content (AvgIpc) is 3.26. The molecule has 2 aliphatic heterocycles. The van der Waals surface area contributed by atoms with E-state index in [2.05, 4.69) is 15.4 Å². The average molecular weight is 396 g/mol. The number of ether oxygens (including phenoxy) is 1. The molecular weight excluding hydrogens is 379 g/mol. The third-order valence-corrected chi connectivity index (χ3v) is 5.62. The van der Waals surface area contributed by atoms with Gasteiger partial charge < -0.3 is 10.1 Å². The van der Waals surface area contributed by atoms with Crippen molar-refractivity contribution in [1.29, 1.82) is 0 Å². The van der Waals surface area contributed by atoms with Gasteiger partial charge in [-0.1, -0.05) is 60.7 Å². The summed E-state index contributed by atoms with van der Waals surface area (Å²) < 4.78 is 23.2. The van der Waals surface area contributed by atoms with E-state index in [1.54, 1.807) is 12.1 Å². The number of rotatable bonds is 2. The van der Waals surface area contributed by atoms with Crippen molar-refractivity contribution in [3.05, 3.63) is 113 Å². The summed E-state index contributed by atoms with van der Waals surface area (Å²) in [7, 11) is 0. The normalized spacial score (nSPS) is 19.2. The van der Waals surface area contributed by atoms with Crippen LogP contribution in [0.15, 0.2) is 90.8 Å². The zero-order valence-corrected chi connectivity index (χ0v) is 15.9. The molecule has 0 saturated carbocycles. The number of nitrogens with one attached hydrogen (secondary N) is 1. The van der Waals surface area contributed by atoms with Gasteiger partial charge in [0.15, 0.2) is 6.10 Å². The number of fused-ring (bicyclic) bond motifs is 3. The van der Waals surface area contributed by atoms with Gasteiger partial charge in [-0.2, -0.15) is 10.1 Å². The summed E-state index contributed by atoms with van der Waals surface area (Å²) in [6.07, 6.45) is 0.924. The molecule has 1 aromatic heterocycles. The lowest BCUT2D eigenvalue weighted by molar-refractivity contribution is 0.218. The van der Waals surface area contributed by atoms with Gasteiger partial charge >= 0.3 is 0 Å². The first-order chi connectivity index (χ1) is 14.8. The van der Waals surface area contributed by atoms with Crippen LogP contribution in [0.2, 0.25) is 0 Å². The highest BCUT2D eigenvalue weighted by molar-refractivity contribution is 5.85. The fraction of sp³-hybridized carbons (Fsp3) is 0.0833. The van der Waals surface area contributed by atoms with Gasteiger partial charge in [-0.15, -0.1) is 0 Å². The molecule has 0 unspecified atom stereocenters. The van der Waals surface area contributed by atoms with Crippen LogP contribution < -0.4 is 10.1 Å². The summed E-state index contributed by atoms with van der Waals surface area (Å²) in [6, 6.07) is 24.3. The highest BCUT2D eigenvalue weighted by Crippen LogP contribution is 2.50. The molecule has 4 aromatic rings. The number of para-hydroxylation sites is 1. The lowest BCUT2D eigenvalue weighted by Gasteiger charge is -2.39. The van der Waals surface area contributed by atoms with Gasteiger partial charge in [0.25, 0.3) is 0 Å². The molecule has 2 aliphatic rings. The molecule has 3 heterocycles. The monoisotopic (exact) mass is 396 g/mol. The Morgan fingerprint density at radius 3 is 2.53 bits per heavy atom. The van der Waals surface area contributed by atoms with E-state index >= 15 is 0 Å². The number of anilines is 1. The second-order valence-corrected chi connectivity index (χ2v) is 7.31. The van der Waals surface area contributed by atoms with Crippen molar-refractivity contribution in [3.8, 4) is 5.75 Å². The molecule has 30 heavy (non-hydrogen) atoms. The maximum atomic E-state index is 14.9. The van der Waals surface area contributed by atoms with Crippen LogP contribution >= 0.6 is 0 Å². The van der Waals surface area contributed by atoms with Gasteiger partial charge in [-0.05, 0) is 23.8 Å². The Hall–Kier alpha value is -3.93. The van der Waals surface area contributed by atoms with Crippen molar-refractivity contribution >= 4 is 11.6 Å². The summed E-state index contributed by atoms with van der Waals surface area (Å²) in [5.41, 5.74) is 4.24. The number of hydrogen-bond donors (Lipinski definition) is 1. The van der Waals surface area contributed by atoms with Gasteiger partial charge in [0.1, 0.15) is 23.9 Å². The van der Waals surface area contributed by atoms with Crippen LogP contribution in [-0.4, -0.2) is 14.8 Å². The minimum atomic E-state index is -0.605. The molecule has 3 aromatic carbocycles. The molecule has 5 nitrogen and oxygen atoms in total. The van der Waals surface area contributed by atoms with Crippen LogP contribution in [0.1, 0.15) is 28.8 Å².